The molecule has 108 valence electrons. The van der Waals surface area contributed by atoms with Crippen LogP contribution in [-0.2, 0) is 7.05 Å². The smallest absolute Gasteiger partial charge is 0.164 e. The van der Waals surface area contributed by atoms with Gasteiger partial charge in [-0.05, 0) is 12.1 Å². The summed E-state index contributed by atoms with van der Waals surface area (Å²) in [7, 11) is 6.61. The number of ether oxygens (including phenoxy) is 3. The third-order valence-corrected chi connectivity index (χ3v) is 3.12. The topological polar surface area (TPSA) is 71.5 Å². The highest BCUT2D eigenvalue weighted by Crippen LogP contribution is 2.38. The van der Waals surface area contributed by atoms with Crippen LogP contribution in [0.1, 0.15) is 17.3 Å². The van der Waals surface area contributed by atoms with Crippen LogP contribution in [0.25, 0.3) is 0 Å². The van der Waals surface area contributed by atoms with Crippen molar-refractivity contribution in [3.8, 4) is 17.2 Å². The van der Waals surface area contributed by atoms with Gasteiger partial charge in [0.05, 0.1) is 33.1 Å². The molecule has 0 radical (unpaired) electrons. The predicted octanol–water partition coefficient (Wildman–Crippen LogP) is 1.49. The molecule has 0 saturated carbocycles. The quantitative estimate of drug-likeness (QED) is 0.896. The van der Waals surface area contributed by atoms with Gasteiger partial charge in [0.25, 0.3) is 0 Å². The molecule has 0 fully saturated rings. The van der Waals surface area contributed by atoms with Crippen molar-refractivity contribution in [2.45, 2.75) is 6.04 Å². The van der Waals surface area contributed by atoms with E-state index in [9.17, 15) is 0 Å². The van der Waals surface area contributed by atoms with Crippen LogP contribution in [0.15, 0.2) is 24.4 Å². The Morgan fingerprint density at radius 1 is 1.05 bits per heavy atom. The van der Waals surface area contributed by atoms with Gasteiger partial charge in [-0.2, -0.15) is 5.10 Å². The van der Waals surface area contributed by atoms with Crippen molar-refractivity contribution in [2.75, 3.05) is 21.3 Å². The molecular formula is C14H19N3O3. The van der Waals surface area contributed by atoms with E-state index in [0.717, 1.165) is 11.3 Å². The Balaban J connectivity index is 2.49. The summed E-state index contributed by atoms with van der Waals surface area (Å²) in [5, 5.41) is 4.32. The largest absolute Gasteiger partial charge is 0.496 e. The van der Waals surface area contributed by atoms with Crippen LogP contribution >= 0.6 is 0 Å². The molecule has 1 unspecified atom stereocenters. The number of hydrogen-bond acceptors (Lipinski definition) is 5. The van der Waals surface area contributed by atoms with Gasteiger partial charge in [-0.3, -0.25) is 4.68 Å². The van der Waals surface area contributed by atoms with Gasteiger partial charge >= 0.3 is 0 Å². The Hall–Kier alpha value is -2.21. The average molecular weight is 277 g/mol. The molecule has 1 aromatic carbocycles. The van der Waals surface area contributed by atoms with Gasteiger partial charge in [0.15, 0.2) is 11.5 Å². The summed E-state index contributed by atoms with van der Waals surface area (Å²) in [4.78, 5) is 0. The van der Waals surface area contributed by atoms with Crippen LogP contribution in [0.5, 0.6) is 17.2 Å². The normalized spacial score (nSPS) is 12.1. The number of aromatic nitrogens is 2. The summed E-state index contributed by atoms with van der Waals surface area (Å²) in [6, 6.07) is 5.06. The van der Waals surface area contributed by atoms with Crippen LogP contribution < -0.4 is 19.9 Å². The van der Waals surface area contributed by atoms with Crippen molar-refractivity contribution < 1.29 is 14.2 Å². The first-order chi connectivity index (χ1) is 9.60. The first kappa shape index (κ1) is 14.2. The van der Waals surface area contributed by atoms with E-state index in [1.807, 2.05) is 25.4 Å². The minimum absolute atomic E-state index is 0.397. The molecule has 6 nitrogen and oxygen atoms in total. The van der Waals surface area contributed by atoms with Crippen molar-refractivity contribution in [1.82, 2.24) is 9.78 Å². The number of methoxy groups -OCH3 is 3. The molecule has 2 N–H and O–H groups in total. The zero-order valence-corrected chi connectivity index (χ0v) is 12.1. The lowest BCUT2D eigenvalue weighted by molar-refractivity contribution is 0.347. The van der Waals surface area contributed by atoms with E-state index in [0.29, 0.717) is 17.2 Å². The highest BCUT2D eigenvalue weighted by molar-refractivity contribution is 5.53. The predicted molar refractivity (Wildman–Crippen MR) is 75.3 cm³/mol. The van der Waals surface area contributed by atoms with Crippen LogP contribution in [0.3, 0.4) is 0 Å². The molecule has 0 amide bonds. The van der Waals surface area contributed by atoms with E-state index in [4.69, 9.17) is 19.9 Å². The van der Waals surface area contributed by atoms with E-state index in [2.05, 4.69) is 5.10 Å². The summed E-state index contributed by atoms with van der Waals surface area (Å²) >= 11 is 0. The number of nitrogens with two attached hydrogens (primary N) is 1. The van der Waals surface area contributed by atoms with Crippen LogP contribution in [0.2, 0.25) is 0 Å². The van der Waals surface area contributed by atoms with E-state index < -0.39 is 6.04 Å². The number of rotatable bonds is 5. The highest BCUT2D eigenvalue weighted by Gasteiger charge is 2.20. The SMILES string of the molecule is COc1cc(OC)c(C(N)c2ccn(C)n2)cc1OC. The van der Waals surface area contributed by atoms with Gasteiger partial charge in [-0.15, -0.1) is 0 Å². The van der Waals surface area contributed by atoms with Crippen LogP contribution in [0.4, 0.5) is 0 Å². The summed E-state index contributed by atoms with van der Waals surface area (Å²) in [6.45, 7) is 0. The van der Waals surface area contributed by atoms with Gasteiger partial charge < -0.3 is 19.9 Å². The fourth-order valence-corrected chi connectivity index (χ4v) is 2.05. The molecule has 6 heteroatoms. The number of hydrogen-bond donors (Lipinski definition) is 1. The molecule has 2 aromatic rings. The van der Waals surface area contributed by atoms with E-state index in [1.165, 1.54) is 0 Å². The molecular weight excluding hydrogens is 258 g/mol. The Labute approximate surface area is 118 Å². The minimum atomic E-state index is -0.397. The van der Waals surface area contributed by atoms with Crippen molar-refractivity contribution in [3.63, 3.8) is 0 Å². The minimum Gasteiger partial charge on any atom is -0.496 e. The first-order valence-electron chi connectivity index (χ1n) is 6.15. The number of aryl methyl sites for hydroxylation is 1. The highest BCUT2D eigenvalue weighted by atomic mass is 16.5. The van der Waals surface area contributed by atoms with E-state index in [1.54, 1.807) is 32.1 Å². The molecule has 0 aliphatic heterocycles. The third kappa shape index (κ3) is 2.55. The lowest BCUT2D eigenvalue weighted by Gasteiger charge is -2.17. The van der Waals surface area contributed by atoms with Crippen molar-refractivity contribution >= 4 is 0 Å². The fourth-order valence-electron chi connectivity index (χ4n) is 2.05. The maximum Gasteiger partial charge on any atom is 0.164 e. The van der Waals surface area contributed by atoms with Gasteiger partial charge in [-0.25, -0.2) is 0 Å². The molecule has 2 rings (SSSR count). The van der Waals surface area contributed by atoms with E-state index in [-0.39, 0.29) is 0 Å². The van der Waals surface area contributed by atoms with Crippen molar-refractivity contribution in [3.05, 3.63) is 35.7 Å². The summed E-state index contributed by atoms with van der Waals surface area (Å²) < 4.78 is 17.7. The van der Waals surface area contributed by atoms with E-state index >= 15 is 0 Å². The molecule has 20 heavy (non-hydrogen) atoms. The Morgan fingerprint density at radius 2 is 1.65 bits per heavy atom. The summed E-state index contributed by atoms with van der Waals surface area (Å²) in [5.41, 5.74) is 7.83. The van der Waals surface area contributed by atoms with Crippen molar-refractivity contribution in [2.24, 2.45) is 12.8 Å². The van der Waals surface area contributed by atoms with Crippen LogP contribution in [0, 0.1) is 0 Å². The number of benzene rings is 1. The maximum atomic E-state index is 6.27. The Kier molecular flexibility index (Phi) is 4.14. The molecule has 0 bridgehead atoms. The molecule has 0 spiro atoms. The maximum absolute atomic E-state index is 6.27. The molecule has 0 saturated heterocycles. The molecule has 1 heterocycles. The fraction of sp³-hybridized carbons (Fsp3) is 0.357. The van der Waals surface area contributed by atoms with Gasteiger partial charge in [0, 0.05) is 24.9 Å². The number of nitrogens with zero attached hydrogens (tertiary/aromatic N) is 2. The lowest BCUT2D eigenvalue weighted by Crippen LogP contribution is -2.14. The summed E-state index contributed by atoms with van der Waals surface area (Å²) in [5.74, 6) is 1.84. The first-order valence-corrected chi connectivity index (χ1v) is 6.15. The standard InChI is InChI=1S/C14H19N3O3/c1-17-6-5-10(16-17)14(15)9-7-12(19-3)13(20-4)8-11(9)18-2/h5-8,14H,15H2,1-4H3. The second-order valence-electron chi connectivity index (χ2n) is 4.34. The Bertz CT molecular complexity index is 595. The zero-order valence-electron chi connectivity index (χ0n) is 12.1. The summed E-state index contributed by atoms with van der Waals surface area (Å²) in [6.07, 6.45) is 1.85. The second-order valence-corrected chi connectivity index (χ2v) is 4.34. The van der Waals surface area contributed by atoms with Gasteiger partial charge in [-0.1, -0.05) is 0 Å². The third-order valence-electron chi connectivity index (χ3n) is 3.12. The molecule has 1 aromatic heterocycles. The second kappa shape index (κ2) is 5.83. The monoisotopic (exact) mass is 277 g/mol. The zero-order chi connectivity index (χ0) is 14.7. The van der Waals surface area contributed by atoms with Crippen molar-refractivity contribution in [1.29, 1.82) is 0 Å². The average Bonchev–Trinajstić information content (AvgIpc) is 2.91. The molecule has 0 aliphatic carbocycles. The van der Waals surface area contributed by atoms with Gasteiger partial charge in [0.1, 0.15) is 5.75 Å². The molecule has 1 atom stereocenters. The molecule has 0 aliphatic rings. The Morgan fingerprint density at radius 3 is 2.15 bits per heavy atom. The van der Waals surface area contributed by atoms with Crippen LogP contribution in [-0.4, -0.2) is 31.1 Å². The van der Waals surface area contributed by atoms with Gasteiger partial charge in [0.2, 0.25) is 0 Å². The lowest BCUT2D eigenvalue weighted by atomic mass is 10.0.